The van der Waals surface area contributed by atoms with Crippen molar-refractivity contribution in [2.24, 2.45) is 10.2 Å². The summed E-state index contributed by atoms with van der Waals surface area (Å²) in [4.78, 5) is 2.14. The van der Waals surface area contributed by atoms with Crippen LogP contribution in [0, 0.1) is 0 Å². The van der Waals surface area contributed by atoms with Crippen LogP contribution in [0.2, 0.25) is 5.02 Å². The van der Waals surface area contributed by atoms with Crippen molar-refractivity contribution in [2.45, 2.75) is 6.42 Å². The van der Waals surface area contributed by atoms with Gasteiger partial charge in [0, 0.05) is 17.1 Å². The zero-order valence-corrected chi connectivity index (χ0v) is 12.0. The van der Waals surface area contributed by atoms with Crippen LogP contribution in [-0.4, -0.2) is 38.7 Å². The van der Waals surface area contributed by atoms with Crippen molar-refractivity contribution in [2.75, 3.05) is 33.8 Å². The number of nitrogens with zero attached hydrogens (tertiary/aromatic N) is 3. The summed E-state index contributed by atoms with van der Waals surface area (Å²) in [5.41, 5.74) is 1.81. The molecule has 0 saturated heterocycles. The van der Waals surface area contributed by atoms with Gasteiger partial charge in [-0.05, 0) is 32.6 Å². The Morgan fingerprint density at radius 1 is 1.26 bits per heavy atom. The van der Waals surface area contributed by atoms with Crippen molar-refractivity contribution < 1.29 is 4.74 Å². The number of rotatable bonds is 6. The van der Waals surface area contributed by atoms with Gasteiger partial charge in [0.15, 0.2) is 0 Å². The van der Waals surface area contributed by atoms with Crippen LogP contribution in [0.4, 0.5) is 0 Å². The molecule has 0 aliphatic carbocycles. The summed E-state index contributed by atoms with van der Waals surface area (Å²) in [6, 6.07) is 7.57. The summed E-state index contributed by atoms with van der Waals surface area (Å²) in [7, 11) is 4.11. The molecule has 0 radical (unpaired) electrons. The highest BCUT2D eigenvalue weighted by molar-refractivity contribution is 6.30. The summed E-state index contributed by atoms with van der Waals surface area (Å²) in [5, 5.41) is 8.91. The normalized spacial score (nSPS) is 14.5. The van der Waals surface area contributed by atoms with Gasteiger partial charge in [-0.1, -0.05) is 23.7 Å². The van der Waals surface area contributed by atoms with Gasteiger partial charge in [0.05, 0.1) is 6.61 Å². The standard InChI is InChI=1S/C14H18ClN3O/c1-18(2)8-3-9-19-13-10-16-17-14(13)11-4-6-12(15)7-5-11/h4-7H,3,8-10H2,1-2H3. The van der Waals surface area contributed by atoms with Crippen LogP contribution < -0.4 is 0 Å². The van der Waals surface area contributed by atoms with Gasteiger partial charge in [0.1, 0.15) is 18.0 Å². The molecule has 0 saturated carbocycles. The molecule has 0 N–H and O–H groups in total. The van der Waals surface area contributed by atoms with Crippen molar-refractivity contribution in [1.29, 1.82) is 0 Å². The first kappa shape index (κ1) is 14.0. The Labute approximate surface area is 118 Å². The van der Waals surface area contributed by atoms with Gasteiger partial charge < -0.3 is 9.64 Å². The van der Waals surface area contributed by atoms with E-state index in [9.17, 15) is 0 Å². The van der Waals surface area contributed by atoms with Crippen LogP contribution in [0.1, 0.15) is 12.0 Å². The third kappa shape index (κ3) is 4.04. The SMILES string of the molecule is CN(C)CCCOC1=C(c2ccc(Cl)cc2)N=NC1. The molecule has 1 aliphatic heterocycles. The van der Waals surface area contributed by atoms with E-state index in [1.54, 1.807) is 0 Å². The number of hydrogen-bond acceptors (Lipinski definition) is 4. The fourth-order valence-corrected chi connectivity index (χ4v) is 1.94. The lowest BCUT2D eigenvalue weighted by Crippen LogP contribution is -2.15. The Morgan fingerprint density at radius 2 is 2.00 bits per heavy atom. The molecule has 5 heteroatoms. The Bertz CT molecular complexity index is 480. The lowest BCUT2D eigenvalue weighted by atomic mass is 10.1. The van der Waals surface area contributed by atoms with E-state index in [4.69, 9.17) is 16.3 Å². The molecule has 0 spiro atoms. The fourth-order valence-electron chi connectivity index (χ4n) is 1.82. The molecule has 1 aliphatic rings. The van der Waals surface area contributed by atoms with Crippen molar-refractivity contribution in [3.05, 3.63) is 40.6 Å². The summed E-state index contributed by atoms with van der Waals surface area (Å²) in [5.74, 6) is 0.848. The fraction of sp³-hybridized carbons (Fsp3) is 0.429. The van der Waals surface area contributed by atoms with Crippen LogP contribution in [-0.2, 0) is 4.74 Å². The molecule has 19 heavy (non-hydrogen) atoms. The first-order chi connectivity index (χ1) is 9.16. The maximum absolute atomic E-state index is 5.88. The largest absolute Gasteiger partial charge is 0.493 e. The molecular weight excluding hydrogens is 262 g/mol. The summed E-state index contributed by atoms with van der Waals surface area (Å²) in [6.07, 6.45) is 0.990. The van der Waals surface area contributed by atoms with E-state index in [0.29, 0.717) is 18.2 Å². The Morgan fingerprint density at radius 3 is 2.68 bits per heavy atom. The van der Waals surface area contributed by atoms with Crippen molar-refractivity contribution in [3.8, 4) is 0 Å². The summed E-state index contributed by atoms with van der Waals surface area (Å²) in [6.45, 7) is 2.23. The number of halogens is 1. The zero-order valence-electron chi connectivity index (χ0n) is 11.3. The average molecular weight is 280 g/mol. The van der Waals surface area contributed by atoms with Crippen LogP contribution in [0.15, 0.2) is 40.3 Å². The first-order valence-electron chi connectivity index (χ1n) is 6.31. The average Bonchev–Trinajstić information content (AvgIpc) is 2.84. The van der Waals surface area contributed by atoms with Gasteiger partial charge in [-0.15, -0.1) is 0 Å². The second-order valence-corrected chi connectivity index (χ2v) is 5.12. The predicted molar refractivity (Wildman–Crippen MR) is 77.2 cm³/mol. The molecule has 4 nitrogen and oxygen atoms in total. The third-order valence-electron chi connectivity index (χ3n) is 2.79. The number of benzene rings is 1. The molecule has 2 rings (SSSR count). The van der Waals surface area contributed by atoms with E-state index in [0.717, 1.165) is 30.0 Å². The lowest BCUT2D eigenvalue weighted by Gasteiger charge is -2.11. The Balaban J connectivity index is 1.98. The minimum absolute atomic E-state index is 0.528. The molecule has 0 aromatic heterocycles. The van der Waals surface area contributed by atoms with Gasteiger partial charge >= 0.3 is 0 Å². The third-order valence-corrected chi connectivity index (χ3v) is 3.04. The monoisotopic (exact) mass is 279 g/mol. The molecular formula is C14H18ClN3O. The van der Waals surface area contributed by atoms with Crippen LogP contribution in [0.25, 0.3) is 5.70 Å². The minimum atomic E-state index is 0.528. The number of azo groups is 1. The van der Waals surface area contributed by atoms with Crippen molar-refractivity contribution in [1.82, 2.24) is 4.90 Å². The van der Waals surface area contributed by atoms with Crippen LogP contribution in [0.5, 0.6) is 0 Å². The summed E-state index contributed by atoms with van der Waals surface area (Å²) >= 11 is 5.88. The molecule has 0 bridgehead atoms. The quantitative estimate of drug-likeness (QED) is 0.748. The van der Waals surface area contributed by atoms with Gasteiger partial charge in [-0.25, -0.2) is 0 Å². The summed E-state index contributed by atoms with van der Waals surface area (Å²) < 4.78 is 5.78. The van der Waals surface area contributed by atoms with Gasteiger partial charge in [0.2, 0.25) is 0 Å². The lowest BCUT2D eigenvalue weighted by molar-refractivity contribution is 0.197. The maximum Gasteiger partial charge on any atom is 0.147 e. The predicted octanol–water partition coefficient (Wildman–Crippen LogP) is 3.44. The zero-order chi connectivity index (χ0) is 13.7. The molecule has 0 atom stereocenters. The van der Waals surface area contributed by atoms with Gasteiger partial charge in [-0.2, -0.15) is 10.2 Å². The molecule has 1 aromatic carbocycles. The van der Waals surface area contributed by atoms with Gasteiger partial charge in [0.25, 0.3) is 0 Å². The molecule has 1 heterocycles. The Kier molecular flexibility index (Phi) is 4.93. The molecule has 0 amide bonds. The van der Waals surface area contributed by atoms with Crippen molar-refractivity contribution >= 4 is 17.3 Å². The van der Waals surface area contributed by atoms with Crippen LogP contribution >= 0.6 is 11.6 Å². The van der Waals surface area contributed by atoms with E-state index < -0.39 is 0 Å². The second kappa shape index (κ2) is 6.68. The maximum atomic E-state index is 5.88. The second-order valence-electron chi connectivity index (χ2n) is 4.68. The van der Waals surface area contributed by atoms with E-state index in [1.807, 2.05) is 24.3 Å². The topological polar surface area (TPSA) is 37.2 Å². The highest BCUT2D eigenvalue weighted by atomic mass is 35.5. The van der Waals surface area contributed by atoms with E-state index in [2.05, 4.69) is 29.2 Å². The molecule has 1 aromatic rings. The molecule has 0 fully saturated rings. The molecule has 0 unspecified atom stereocenters. The van der Waals surface area contributed by atoms with E-state index in [1.165, 1.54) is 0 Å². The molecule has 102 valence electrons. The van der Waals surface area contributed by atoms with Gasteiger partial charge in [-0.3, -0.25) is 0 Å². The van der Waals surface area contributed by atoms with E-state index in [-0.39, 0.29) is 0 Å². The Hall–Kier alpha value is -1.39. The first-order valence-corrected chi connectivity index (χ1v) is 6.69. The number of ether oxygens (including phenoxy) is 1. The van der Waals surface area contributed by atoms with E-state index >= 15 is 0 Å². The minimum Gasteiger partial charge on any atom is -0.493 e. The highest BCUT2D eigenvalue weighted by Gasteiger charge is 2.15. The highest BCUT2D eigenvalue weighted by Crippen LogP contribution is 2.27. The van der Waals surface area contributed by atoms with Crippen LogP contribution in [0.3, 0.4) is 0 Å². The van der Waals surface area contributed by atoms with Crippen molar-refractivity contribution in [3.63, 3.8) is 0 Å². The number of hydrogen-bond donors (Lipinski definition) is 0. The smallest absolute Gasteiger partial charge is 0.147 e.